The molecular formula is C27H24N2O5S. The molecule has 2 aromatic heterocycles. The topological polar surface area (TPSA) is 93.6 Å². The Labute approximate surface area is 203 Å². The van der Waals surface area contributed by atoms with Crippen LogP contribution in [0.5, 0.6) is 17.2 Å². The number of aromatic nitrogens is 2. The second-order valence-corrected chi connectivity index (χ2v) is 9.94. The van der Waals surface area contributed by atoms with Crippen molar-refractivity contribution in [1.29, 1.82) is 0 Å². The van der Waals surface area contributed by atoms with E-state index in [4.69, 9.17) is 9.47 Å². The first-order chi connectivity index (χ1) is 16.9. The zero-order chi connectivity index (χ0) is 24.6. The Morgan fingerprint density at radius 1 is 0.943 bits per heavy atom. The van der Waals surface area contributed by atoms with Crippen molar-refractivity contribution >= 4 is 20.9 Å². The number of methoxy groups -OCH3 is 2. The van der Waals surface area contributed by atoms with Gasteiger partial charge in [-0.05, 0) is 47.5 Å². The smallest absolute Gasteiger partial charge is 0.267 e. The van der Waals surface area contributed by atoms with Crippen LogP contribution in [0, 0.1) is 0 Å². The Morgan fingerprint density at radius 3 is 2.43 bits per heavy atom. The van der Waals surface area contributed by atoms with Gasteiger partial charge in [0.1, 0.15) is 0 Å². The van der Waals surface area contributed by atoms with Crippen LogP contribution in [0.3, 0.4) is 0 Å². The van der Waals surface area contributed by atoms with Gasteiger partial charge in [0.05, 0.1) is 24.8 Å². The van der Waals surface area contributed by atoms with Crippen LogP contribution >= 0.6 is 0 Å². The molecule has 0 unspecified atom stereocenters. The molecule has 0 aliphatic rings. The molecule has 0 fully saturated rings. The maximum Gasteiger partial charge on any atom is 0.267 e. The predicted octanol–water partition coefficient (Wildman–Crippen LogP) is 5.19. The van der Waals surface area contributed by atoms with E-state index in [1.165, 1.54) is 18.2 Å². The molecule has 0 saturated heterocycles. The molecule has 7 nitrogen and oxygen atoms in total. The Bertz CT molecular complexity index is 1620. The molecule has 178 valence electrons. The molecule has 5 aromatic rings. The summed E-state index contributed by atoms with van der Waals surface area (Å²) in [5, 5.41) is 11.5. The van der Waals surface area contributed by atoms with Gasteiger partial charge in [-0.25, -0.2) is 12.4 Å². The fourth-order valence-electron chi connectivity index (χ4n) is 4.32. The normalized spacial score (nSPS) is 11.6. The zero-order valence-electron chi connectivity index (χ0n) is 19.2. The number of hydrogen-bond acceptors (Lipinski definition) is 5. The van der Waals surface area contributed by atoms with Crippen molar-refractivity contribution in [2.45, 2.75) is 11.3 Å². The number of nitrogens with zero attached hydrogens (tertiary/aromatic N) is 1. The number of aromatic amines is 1. The maximum atomic E-state index is 13.1. The number of benzene rings is 3. The van der Waals surface area contributed by atoms with Crippen LogP contribution in [0.25, 0.3) is 22.2 Å². The average Bonchev–Trinajstić information content (AvgIpc) is 3.50. The maximum absolute atomic E-state index is 13.1. The Kier molecular flexibility index (Phi) is 5.74. The van der Waals surface area contributed by atoms with Crippen LogP contribution in [0.1, 0.15) is 11.1 Å². The molecule has 5 rings (SSSR count). The van der Waals surface area contributed by atoms with Gasteiger partial charge in [0.25, 0.3) is 10.0 Å². The van der Waals surface area contributed by atoms with Gasteiger partial charge in [0, 0.05) is 35.3 Å². The van der Waals surface area contributed by atoms with Crippen molar-refractivity contribution in [3.8, 4) is 28.5 Å². The Hall–Kier alpha value is -4.17. The van der Waals surface area contributed by atoms with Crippen LogP contribution < -0.4 is 9.47 Å². The summed E-state index contributed by atoms with van der Waals surface area (Å²) in [5.41, 5.74) is 4.27. The summed E-state index contributed by atoms with van der Waals surface area (Å²) in [6.45, 7) is 0. The van der Waals surface area contributed by atoms with E-state index in [9.17, 15) is 13.5 Å². The lowest BCUT2D eigenvalue weighted by atomic mass is 9.99. The van der Waals surface area contributed by atoms with Gasteiger partial charge >= 0.3 is 0 Å². The van der Waals surface area contributed by atoms with Crippen LogP contribution in [-0.4, -0.2) is 36.7 Å². The molecule has 3 aromatic carbocycles. The van der Waals surface area contributed by atoms with E-state index in [2.05, 4.69) is 4.98 Å². The lowest BCUT2D eigenvalue weighted by Crippen LogP contribution is -2.10. The van der Waals surface area contributed by atoms with Crippen molar-refractivity contribution in [1.82, 2.24) is 8.96 Å². The predicted molar refractivity (Wildman–Crippen MR) is 135 cm³/mol. The van der Waals surface area contributed by atoms with Crippen LogP contribution in [0.15, 0.2) is 90.1 Å². The van der Waals surface area contributed by atoms with Gasteiger partial charge in [-0.3, -0.25) is 0 Å². The summed E-state index contributed by atoms with van der Waals surface area (Å²) in [4.78, 5) is 3.67. The minimum absolute atomic E-state index is 0.0108. The number of nitrogens with one attached hydrogen (secondary N) is 1. The van der Waals surface area contributed by atoms with Crippen molar-refractivity contribution in [2.24, 2.45) is 0 Å². The second-order valence-electron chi connectivity index (χ2n) is 8.10. The summed E-state index contributed by atoms with van der Waals surface area (Å²) < 4.78 is 38.1. The van der Waals surface area contributed by atoms with Gasteiger partial charge in [-0.1, -0.05) is 36.4 Å². The average molecular weight is 489 g/mol. The highest BCUT2D eigenvalue weighted by atomic mass is 32.2. The van der Waals surface area contributed by atoms with Gasteiger partial charge < -0.3 is 19.6 Å². The summed E-state index contributed by atoms with van der Waals surface area (Å²) in [6, 6.07) is 21.5. The molecule has 0 radical (unpaired) electrons. The molecule has 0 bridgehead atoms. The van der Waals surface area contributed by atoms with E-state index >= 15 is 0 Å². The highest BCUT2D eigenvalue weighted by molar-refractivity contribution is 7.90. The van der Waals surface area contributed by atoms with Crippen molar-refractivity contribution in [2.75, 3.05) is 14.2 Å². The second kappa shape index (κ2) is 8.88. The number of H-pyrrole nitrogens is 1. The SMILES string of the molecule is COc1cc(Cc2c(-c3ccn(S(=O)(=O)c4ccccc4)c3)[nH]c3ccccc23)cc(O)c1OC. The molecular weight excluding hydrogens is 464 g/mol. The van der Waals surface area contributed by atoms with E-state index < -0.39 is 10.0 Å². The van der Waals surface area contributed by atoms with Crippen molar-refractivity contribution in [3.63, 3.8) is 0 Å². The zero-order valence-corrected chi connectivity index (χ0v) is 20.0. The largest absolute Gasteiger partial charge is 0.504 e. The number of rotatable bonds is 7. The van der Waals surface area contributed by atoms with Crippen LogP contribution in [-0.2, 0) is 16.4 Å². The van der Waals surface area contributed by atoms with E-state index in [1.54, 1.807) is 54.9 Å². The highest BCUT2D eigenvalue weighted by Gasteiger charge is 2.20. The third-order valence-corrected chi connectivity index (χ3v) is 7.64. The molecule has 0 amide bonds. The molecule has 2 N–H and O–H groups in total. The lowest BCUT2D eigenvalue weighted by molar-refractivity contribution is 0.332. The van der Waals surface area contributed by atoms with E-state index in [0.29, 0.717) is 12.2 Å². The minimum atomic E-state index is -3.71. The number of ether oxygens (including phenoxy) is 2. The summed E-state index contributed by atoms with van der Waals surface area (Å²) in [7, 11) is -0.714. The summed E-state index contributed by atoms with van der Waals surface area (Å²) in [6.07, 6.45) is 3.64. The van der Waals surface area contributed by atoms with Gasteiger partial charge in [-0.15, -0.1) is 0 Å². The molecule has 0 aliphatic carbocycles. The minimum Gasteiger partial charge on any atom is -0.504 e. The summed E-state index contributed by atoms with van der Waals surface area (Å²) in [5.74, 6) is 0.700. The van der Waals surface area contributed by atoms with E-state index in [0.717, 1.165) is 33.3 Å². The molecule has 8 heteroatoms. The first kappa shape index (κ1) is 22.6. The van der Waals surface area contributed by atoms with Gasteiger partial charge in [0.2, 0.25) is 5.75 Å². The molecule has 0 saturated carbocycles. The standard InChI is InChI=1S/C27H24N2O5S/c1-33-25-16-18(15-24(30)27(25)34-2)14-22-21-10-6-7-11-23(21)28-26(22)19-12-13-29(17-19)35(31,32)20-8-4-3-5-9-20/h3-13,15-17,28,30H,14H2,1-2H3. The summed E-state index contributed by atoms with van der Waals surface area (Å²) >= 11 is 0. The number of fused-ring (bicyclic) bond motifs is 1. The van der Waals surface area contributed by atoms with Gasteiger partial charge in [-0.2, -0.15) is 0 Å². The fourth-order valence-corrected chi connectivity index (χ4v) is 5.54. The third-order valence-electron chi connectivity index (χ3n) is 5.99. The van der Waals surface area contributed by atoms with Crippen molar-refractivity contribution in [3.05, 3.63) is 96.3 Å². The van der Waals surface area contributed by atoms with Crippen LogP contribution in [0.4, 0.5) is 0 Å². The number of aromatic hydroxyl groups is 1. The molecule has 0 atom stereocenters. The van der Waals surface area contributed by atoms with Gasteiger partial charge in [0.15, 0.2) is 11.5 Å². The number of hydrogen-bond donors (Lipinski definition) is 2. The first-order valence-corrected chi connectivity index (χ1v) is 12.4. The van der Waals surface area contributed by atoms with E-state index in [-0.39, 0.29) is 16.4 Å². The molecule has 0 aliphatic heterocycles. The first-order valence-electron chi connectivity index (χ1n) is 10.9. The lowest BCUT2D eigenvalue weighted by Gasteiger charge is -2.12. The van der Waals surface area contributed by atoms with Crippen LogP contribution in [0.2, 0.25) is 0 Å². The molecule has 0 spiro atoms. The highest BCUT2D eigenvalue weighted by Crippen LogP contribution is 2.39. The molecule has 35 heavy (non-hydrogen) atoms. The Balaban J connectivity index is 1.61. The van der Waals surface area contributed by atoms with Crippen molar-refractivity contribution < 1.29 is 23.0 Å². The molecule has 2 heterocycles. The number of phenolic OH excluding ortho intramolecular Hbond substituents is 1. The number of phenols is 1. The quantitative estimate of drug-likeness (QED) is 0.329. The fraction of sp³-hybridized carbons (Fsp3) is 0.111. The number of para-hydroxylation sites is 1. The Morgan fingerprint density at radius 2 is 1.69 bits per heavy atom. The van der Waals surface area contributed by atoms with E-state index in [1.807, 2.05) is 30.3 Å². The third kappa shape index (κ3) is 4.02. The monoisotopic (exact) mass is 488 g/mol.